The molecule has 1 aromatic rings. The molecule has 2 N–H and O–H groups in total. The van der Waals surface area contributed by atoms with Crippen molar-refractivity contribution in [3.05, 3.63) is 23.8 Å². The lowest BCUT2D eigenvalue weighted by atomic mass is 10.1. The van der Waals surface area contributed by atoms with Crippen LogP contribution in [0.1, 0.15) is 12.0 Å². The summed E-state index contributed by atoms with van der Waals surface area (Å²) in [5.41, 5.74) is 5.83. The number of nitrogen functional groups attached to an aromatic ring is 1. The number of anilines is 1. The summed E-state index contributed by atoms with van der Waals surface area (Å²) in [6.07, 6.45) is -4.16. The monoisotopic (exact) mass is 230 g/mol. The normalized spacial score (nSPS) is 10.9. The van der Waals surface area contributed by atoms with Gasteiger partial charge in [-0.05, 0) is 24.1 Å². The third-order valence-electron chi connectivity index (χ3n) is 1.83. The van der Waals surface area contributed by atoms with Crippen LogP contribution in [0.25, 0.3) is 0 Å². The quantitative estimate of drug-likeness (QED) is 0.812. The predicted octanol–water partition coefficient (Wildman–Crippen LogP) is 2.62. The fourth-order valence-electron chi connectivity index (χ4n) is 1.15. The van der Waals surface area contributed by atoms with Gasteiger partial charge in [-0.3, -0.25) is 0 Å². The van der Waals surface area contributed by atoms with Crippen molar-refractivity contribution in [1.82, 2.24) is 0 Å². The van der Waals surface area contributed by atoms with Crippen LogP contribution in [0.3, 0.4) is 0 Å². The Morgan fingerprint density at radius 2 is 2.06 bits per heavy atom. The number of hydrogen-bond acceptors (Lipinski definition) is 3. The number of nitrogens with zero attached hydrogens (tertiary/aromatic N) is 1. The van der Waals surface area contributed by atoms with Gasteiger partial charge in [-0.25, -0.2) is 0 Å². The number of nitriles is 1. The fraction of sp³-hybridized carbons (Fsp3) is 0.300. The van der Waals surface area contributed by atoms with Crippen molar-refractivity contribution in [3.63, 3.8) is 0 Å². The highest BCUT2D eigenvalue weighted by molar-refractivity contribution is 5.54. The van der Waals surface area contributed by atoms with Crippen LogP contribution in [0, 0.1) is 11.3 Å². The maximum absolute atomic E-state index is 12.0. The van der Waals surface area contributed by atoms with Gasteiger partial charge in [0.05, 0.1) is 11.8 Å². The van der Waals surface area contributed by atoms with Crippen LogP contribution in [-0.2, 0) is 6.42 Å². The first-order valence-corrected chi connectivity index (χ1v) is 4.43. The lowest BCUT2D eigenvalue weighted by molar-refractivity contribution is -0.274. The van der Waals surface area contributed by atoms with Crippen LogP contribution < -0.4 is 10.5 Å². The van der Waals surface area contributed by atoms with Crippen molar-refractivity contribution in [1.29, 1.82) is 5.26 Å². The Morgan fingerprint density at radius 1 is 1.38 bits per heavy atom. The predicted molar refractivity (Wildman–Crippen MR) is 51.5 cm³/mol. The number of aryl methyl sites for hydroxylation is 1. The van der Waals surface area contributed by atoms with Crippen molar-refractivity contribution in [2.24, 2.45) is 0 Å². The van der Waals surface area contributed by atoms with Crippen LogP contribution in [0.5, 0.6) is 5.75 Å². The molecule has 3 nitrogen and oxygen atoms in total. The van der Waals surface area contributed by atoms with Crippen molar-refractivity contribution < 1.29 is 17.9 Å². The zero-order valence-corrected chi connectivity index (χ0v) is 8.21. The summed E-state index contributed by atoms with van der Waals surface area (Å²) < 4.78 is 39.7. The number of hydrogen-bond donors (Lipinski definition) is 1. The van der Waals surface area contributed by atoms with Gasteiger partial charge in [-0.2, -0.15) is 5.26 Å². The molecule has 0 aliphatic heterocycles. The summed E-state index contributed by atoms with van der Waals surface area (Å²) in [5, 5.41) is 8.35. The van der Waals surface area contributed by atoms with E-state index in [1.165, 1.54) is 12.1 Å². The van der Waals surface area contributed by atoms with Crippen molar-refractivity contribution in [3.8, 4) is 11.8 Å². The number of alkyl halides is 3. The molecule has 1 aromatic carbocycles. The third-order valence-corrected chi connectivity index (χ3v) is 1.83. The highest BCUT2D eigenvalue weighted by atomic mass is 19.4. The SMILES string of the molecule is N#CCCc1ccc(N)c(OC(F)(F)F)c1. The molecular weight excluding hydrogens is 221 g/mol. The molecule has 0 aliphatic rings. The van der Waals surface area contributed by atoms with Crippen LogP contribution in [0.15, 0.2) is 18.2 Å². The third kappa shape index (κ3) is 3.69. The van der Waals surface area contributed by atoms with Gasteiger partial charge >= 0.3 is 6.36 Å². The molecule has 6 heteroatoms. The molecule has 0 atom stereocenters. The average molecular weight is 230 g/mol. The molecule has 0 spiro atoms. The molecule has 0 saturated carbocycles. The summed E-state index contributed by atoms with van der Waals surface area (Å²) >= 11 is 0. The Hall–Kier alpha value is -1.90. The Labute approximate surface area is 90.2 Å². The average Bonchev–Trinajstić information content (AvgIpc) is 2.17. The van der Waals surface area contributed by atoms with Gasteiger partial charge in [-0.15, -0.1) is 13.2 Å². The Morgan fingerprint density at radius 3 is 2.62 bits per heavy atom. The molecule has 0 aliphatic carbocycles. The van der Waals surface area contributed by atoms with Crippen LogP contribution in [0.4, 0.5) is 18.9 Å². The smallest absolute Gasteiger partial charge is 0.404 e. The fourth-order valence-corrected chi connectivity index (χ4v) is 1.15. The molecule has 0 amide bonds. The number of rotatable bonds is 3. The second-order valence-corrected chi connectivity index (χ2v) is 3.08. The van der Waals surface area contributed by atoms with Crippen LogP contribution in [-0.4, -0.2) is 6.36 Å². The first-order chi connectivity index (χ1) is 7.42. The zero-order valence-electron chi connectivity index (χ0n) is 8.21. The van der Waals surface area contributed by atoms with E-state index in [1.54, 1.807) is 6.07 Å². The van der Waals surface area contributed by atoms with Gasteiger partial charge in [0, 0.05) is 6.42 Å². The first-order valence-electron chi connectivity index (χ1n) is 4.43. The van der Waals surface area contributed by atoms with Gasteiger partial charge in [0.25, 0.3) is 0 Å². The number of nitrogens with two attached hydrogens (primary N) is 1. The lowest BCUT2D eigenvalue weighted by Crippen LogP contribution is -2.18. The molecule has 86 valence electrons. The molecule has 0 radical (unpaired) electrons. The number of ether oxygens (including phenoxy) is 1. The van der Waals surface area contributed by atoms with Crippen molar-refractivity contribution in [2.45, 2.75) is 19.2 Å². The molecule has 0 fully saturated rings. The maximum Gasteiger partial charge on any atom is 0.573 e. The molecule has 0 unspecified atom stereocenters. The highest BCUT2D eigenvalue weighted by Crippen LogP contribution is 2.29. The minimum Gasteiger partial charge on any atom is -0.404 e. The van der Waals surface area contributed by atoms with E-state index in [0.717, 1.165) is 0 Å². The van der Waals surface area contributed by atoms with E-state index in [0.29, 0.717) is 12.0 Å². The van der Waals surface area contributed by atoms with Gasteiger partial charge in [0.2, 0.25) is 0 Å². The summed E-state index contributed by atoms with van der Waals surface area (Å²) in [6.45, 7) is 0. The topological polar surface area (TPSA) is 59.0 Å². The molecule has 0 heterocycles. The van der Waals surface area contributed by atoms with Gasteiger partial charge < -0.3 is 10.5 Å². The minimum absolute atomic E-state index is 0.0852. The number of benzene rings is 1. The highest BCUT2D eigenvalue weighted by Gasteiger charge is 2.31. The minimum atomic E-state index is -4.76. The summed E-state index contributed by atoms with van der Waals surface area (Å²) in [7, 11) is 0. The van der Waals surface area contributed by atoms with E-state index in [1.807, 2.05) is 6.07 Å². The Kier molecular flexibility index (Phi) is 3.61. The molecule has 0 bridgehead atoms. The second kappa shape index (κ2) is 4.75. The maximum atomic E-state index is 12.0. The summed E-state index contributed by atoms with van der Waals surface area (Å²) in [5.74, 6) is -0.428. The molecule has 1 rings (SSSR count). The van der Waals surface area contributed by atoms with Crippen molar-refractivity contribution in [2.75, 3.05) is 5.73 Å². The Balaban J connectivity index is 2.87. The summed E-state index contributed by atoms with van der Waals surface area (Å²) in [4.78, 5) is 0. The standard InChI is InChI=1S/C10H9F3N2O/c11-10(12,13)16-9-6-7(2-1-5-14)3-4-8(9)15/h3-4,6H,1-2,15H2. The van der Waals surface area contributed by atoms with Crippen LogP contribution in [0.2, 0.25) is 0 Å². The van der Waals surface area contributed by atoms with Gasteiger partial charge in [0.1, 0.15) is 0 Å². The van der Waals surface area contributed by atoms with Gasteiger partial charge in [-0.1, -0.05) is 6.07 Å². The first kappa shape index (κ1) is 12.2. The van der Waals surface area contributed by atoms with E-state index in [4.69, 9.17) is 11.0 Å². The molecular formula is C10H9F3N2O. The second-order valence-electron chi connectivity index (χ2n) is 3.08. The van der Waals surface area contributed by atoms with Crippen LogP contribution >= 0.6 is 0 Å². The Bertz CT molecular complexity index is 410. The van der Waals surface area contributed by atoms with Crippen molar-refractivity contribution >= 4 is 5.69 Å². The lowest BCUT2D eigenvalue weighted by Gasteiger charge is -2.12. The largest absolute Gasteiger partial charge is 0.573 e. The van der Waals surface area contributed by atoms with Gasteiger partial charge in [0.15, 0.2) is 5.75 Å². The van der Waals surface area contributed by atoms with E-state index in [-0.39, 0.29) is 12.1 Å². The molecule has 16 heavy (non-hydrogen) atoms. The van der Waals surface area contributed by atoms with E-state index in [9.17, 15) is 13.2 Å². The zero-order chi connectivity index (χ0) is 12.2. The van der Waals surface area contributed by atoms with E-state index < -0.39 is 12.1 Å². The van der Waals surface area contributed by atoms with E-state index >= 15 is 0 Å². The number of halogens is 3. The van der Waals surface area contributed by atoms with E-state index in [2.05, 4.69) is 4.74 Å². The molecule has 0 aromatic heterocycles. The summed E-state index contributed by atoms with van der Waals surface area (Å²) in [6, 6.07) is 5.99. The molecule has 0 saturated heterocycles.